The van der Waals surface area contributed by atoms with Gasteiger partial charge in [-0.15, -0.1) is 0 Å². The number of aromatic amines is 1. The largest absolute Gasteiger partial charge is 0.496 e. The SMILES string of the molecule is CCn1c(-c2cc(NC(=O)c3ccc(OC)c(OC)c3)n[nH]2)cc2c(OC)cccc21. The second-order valence-corrected chi connectivity index (χ2v) is 6.86. The molecular weight excluding hydrogens is 396 g/mol. The highest BCUT2D eigenvalue weighted by Crippen LogP contribution is 2.34. The van der Waals surface area contributed by atoms with Crippen molar-refractivity contribution in [3.8, 4) is 28.6 Å². The van der Waals surface area contributed by atoms with Crippen molar-refractivity contribution in [3.63, 3.8) is 0 Å². The van der Waals surface area contributed by atoms with Crippen LogP contribution in [-0.4, -0.2) is 42.0 Å². The van der Waals surface area contributed by atoms with Gasteiger partial charge in [-0.3, -0.25) is 9.89 Å². The van der Waals surface area contributed by atoms with Gasteiger partial charge < -0.3 is 24.1 Å². The highest BCUT2D eigenvalue weighted by atomic mass is 16.5. The minimum atomic E-state index is -0.295. The lowest BCUT2D eigenvalue weighted by Crippen LogP contribution is -2.12. The molecule has 2 N–H and O–H groups in total. The van der Waals surface area contributed by atoms with E-state index in [9.17, 15) is 4.79 Å². The van der Waals surface area contributed by atoms with Crippen LogP contribution in [0.2, 0.25) is 0 Å². The van der Waals surface area contributed by atoms with Crippen LogP contribution >= 0.6 is 0 Å². The van der Waals surface area contributed by atoms with Crippen LogP contribution in [0, 0.1) is 0 Å². The van der Waals surface area contributed by atoms with Crippen molar-refractivity contribution in [2.24, 2.45) is 0 Å². The highest BCUT2D eigenvalue weighted by molar-refractivity contribution is 6.04. The summed E-state index contributed by atoms with van der Waals surface area (Å²) < 4.78 is 18.2. The summed E-state index contributed by atoms with van der Waals surface area (Å²) >= 11 is 0. The molecule has 8 nitrogen and oxygen atoms in total. The first-order valence-electron chi connectivity index (χ1n) is 9.85. The van der Waals surface area contributed by atoms with E-state index in [0.29, 0.717) is 22.9 Å². The van der Waals surface area contributed by atoms with Crippen LogP contribution in [0.5, 0.6) is 17.2 Å². The molecule has 160 valence electrons. The maximum absolute atomic E-state index is 12.7. The Kier molecular flexibility index (Phi) is 5.53. The number of aryl methyl sites for hydroxylation is 1. The molecule has 4 aromatic rings. The normalized spacial score (nSPS) is 10.8. The van der Waals surface area contributed by atoms with Crippen LogP contribution in [0.3, 0.4) is 0 Å². The zero-order valence-corrected chi connectivity index (χ0v) is 17.9. The van der Waals surface area contributed by atoms with E-state index in [-0.39, 0.29) is 5.91 Å². The number of hydrogen-bond donors (Lipinski definition) is 2. The van der Waals surface area contributed by atoms with E-state index in [4.69, 9.17) is 14.2 Å². The summed E-state index contributed by atoms with van der Waals surface area (Å²) in [7, 11) is 4.74. The molecule has 0 unspecified atom stereocenters. The lowest BCUT2D eigenvalue weighted by molar-refractivity contribution is 0.102. The monoisotopic (exact) mass is 420 g/mol. The Hall–Kier alpha value is -3.94. The molecule has 0 saturated carbocycles. The summed E-state index contributed by atoms with van der Waals surface area (Å²) in [5.74, 6) is 1.99. The third-order valence-corrected chi connectivity index (χ3v) is 5.18. The number of hydrogen-bond acceptors (Lipinski definition) is 5. The van der Waals surface area contributed by atoms with Gasteiger partial charge in [0.2, 0.25) is 0 Å². The quantitative estimate of drug-likeness (QED) is 0.464. The highest BCUT2D eigenvalue weighted by Gasteiger charge is 2.16. The molecule has 2 aromatic heterocycles. The molecule has 0 aliphatic carbocycles. The second-order valence-electron chi connectivity index (χ2n) is 6.86. The molecule has 4 rings (SSSR count). The van der Waals surface area contributed by atoms with Crippen molar-refractivity contribution < 1.29 is 19.0 Å². The summed E-state index contributed by atoms with van der Waals surface area (Å²) in [5.41, 5.74) is 3.26. The summed E-state index contributed by atoms with van der Waals surface area (Å²) in [6, 6.07) is 14.8. The lowest BCUT2D eigenvalue weighted by atomic mass is 10.2. The number of anilines is 1. The van der Waals surface area contributed by atoms with E-state index < -0.39 is 0 Å². The van der Waals surface area contributed by atoms with E-state index in [1.165, 1.54) is 7.11 Å². The molecule has 0 fully saturated rings. The fourth-order valence-corrected chi connectivity index (χ4v) is 3.68. The van der Waals surface area contributed by atoms with Gasteiger partial charge in [-0.05, 0) is 43.3 Å². The molecule has 0 aliphatic rings. The molecule has 0 bridgehead atoms. The van der Waals surface area contributed by atoms with Gasteiger partial charge in [0.1, 0.15) is 5.75 Å². The molecule has 31 heavy (non-hydrogen) atoms. The van der Waals surface area contributed by atoms with Gasteiger partial charge >= 0.3 is 0 Å². The third kappa shape index (κ3) is 3.68. The first kappa shape index (κ1) is 20.3. The lowest BCUT2D eigenvalue weighted by Gasteiger charge is -2.09. The van der Waals surface area contributed by atoms with E-state index in [1.807, 2.05) is 18.2 Å². The standard InChI is InChI=1S/C23H24N4O4/c1-5-27-17-7-6-8-19(29-2)15(17)12-18(27)16-13-22(26-25-16)24-23(28)14-9-10-20(30-3)21(11-14)31-4/h6-13H,5H2,1-4H3,(H2,24,25,26,28). The number of carbonyl (C=O) groups excluding carboxylic acids is 1. The molecular formula is C23H24N4O4. The number of amides is 1. The van der Waals surface area contributed by atoms with Crippen molar-refractivity contribution in [1.82, 2.24) is 14.8 Å². The maximum atomic E-state index is 12.7. The first-order valence-corrected chi connectivity index (χ1v) is 9.85. The number of nitrogens with one attached hydrogen (secondary N) is 2. The van der Waals surface area contributed by atoms with Crippen molar-refractivity contribution in [1.29, 1.82) is 0 Å². The molecule has 0 aliphatic heterocycles. The van der Waals surface area contributed by atoms with Crippen LogP contribution in [0.25, 0.3) is 22.3 Å². The fraction of sp³-hybridized carbons (Fsp3) is 0.217. The number of nitrogens with zero attached hydrogens (tertiary/aromatic N) is 2. The summed E-state index contributed by atoms with van der Waals surface area (Å²) in [4.78, 5) is 12.7. The number of fused-ring (bicyclic) bond motifs is 1. The van der Waals surface area contributed by atoms with Crippen LogP contribution in [0.15, 0.2) is 48.5 Å². The van der Waals surface area contributed by atoms with Crippen molar-refractivity contribution in [3.05, 3.63) is 54.1 Å². The van der Waals surface area contributed by atoms with Crippen molar-refractivity contribution >= 4 is 22.6 Å². The van der Waals surface area contributed by atoms with Crippen molar-refractivity contribution in [2.45, 2.75) is 13.5 Å². The number of benzene rings is 2. The predicted octanol–water partition coefficient (Wildman–Crippen LogP) is 4.33. The molecule has 2 aromatic carbocycles. The van der Waals surface area contributed by atoms with Gasteiger partial charge in [-0.1, -0.05) is 6.07 Å². The average Bonchev–Trinajstić information content (AvgIpc) is 3.42. The average molecular weight is 420 g/mol. The van der Waals surface area contributed by atoms with Crippen LogP contribution in [0.4, 0.5) is 5.82 Å². The van der Waals surface area contributed by atoms with E-state index >= 15 is 0 Å². The Morgan fingerprint density at radius 3 is 2.48 bits per heavy atom. The maximum Gasteiger partial charge on any atom is 0.257 e. The smallest absolute Gasteiger partial charge is 0.257 e. The summed E-state index contributed by atoms with van der Waals surface area (Å²) in [5, 5.41) is 11.1. The number of ether oxygens (including phenoxy) is 3. The Morgan fingerprint density at radius 2 is 1.77 bits per heavy atom. The van der Waals surface area contributed by atoms with Crippen LogP contribution in [-0.2, 0) is 6.54 Å². The number of carbonyl (C=O) groups is 1. The Labute approximate surface area is 179 Å². The number of aromatic nitrogens is 3. The zero-order chi connectivity index (χ0) is 22.0. The second kappa shape index (κ2) is 8.43. The number of methoxy groups -OCH3 is 3. The molecule has 1 amide bonds. The Bertz CT molecular complexity index is 1240. The molecule has 0 radical (unpaired) electrons. The molecule has 0 atom stereocenters. The summed E-state index contributed by atoms with van der Waals surface area (Å²) in [6.07, 6.45) is 0. The topological polar surface area (TPSA) is 90.4 Å². The van der Waals surface area contributed by atoms with Crippen LogP contribution < -0.4 is 19.5 Å². The molecule has 0 spiro atoms. The summed E-state index contributed by atoms with van der Waals surface area (Å²) in [6.45, 7) is 2.86. The minimum absolute atomic E-state index is 0.295. The van der Waals surface area contributed by atoms with Gasteiger partial charge in [0, 0.05) is 23.6 Å². The third-order valence-electron chi connectivity index (χ3n) is 5.18. The fourth-order valence-electron chi connectivity index (χ4n) is 3.68. The molecule has 2 heterocycles. The zero-order valence-electron chi connectivity index (χ0n) is 17.9. The minimum Gasteiger partial charge on any atom is -0.496 e. The Balaban J connectivity index is 1.62. The van der Waals surface area contributed by atoms with E-state index in [0.717, 1.165) is 34.6 Å². The molecule has 8 heteroatoms. The van der Waals surface area contributed by atoms with E-state index in [1.54, 1.807) is 32.4 Å². The Morgan fingerprint density at radius 1 is 1.00 bits per heavy atom. The van der Waals surface area contributed by atoms with Gasteiger partial charge in [0.05, 0.1) is 38.2 Å². The van der Waals surface area contributed by atoms with Crippen molar-refractivity contribution in [2.75, 3.05) is 26.6 Å². The molecule has 0 saturated heterocycles. The van der Waals surface area contributed by atoms with Gasteiger partial charge in [-0.25, -0.2) is 0 Å². The van der Waals surface area contributed by atoms with E-state index in [2.05, 4.69) is 39.1 Å². The van der Waals surface area contributed by atoms with Gasteiger partial charge in [0.25, 0.3) is 5.91 Å². The number of rotatable bonds is 7. The number of H-pyrrole nitrogens is 1. The predicted molar refractivity (Wildman–Crippen MR) is 119 cm³/mol. The van der Waals surface area contributed by atoms with Gasteiger partial charge in [-0.2, -0.15) is 5.10 Å². The first-order chi connectivity index (χ1) is 15.1. The van der Waals surface area contributed by atoms with Crippen LogP contribution in [0.1, 0.15) is 17.3 Å². The van der Waals surface area contributed by atoms with Gasteiger partial charge in [0.15, 0.2) is 17.3 Å².